The van der Waals surface area contributed by atoms with E-state index in [0.29, 0.717) is 29.8 Å². The monoisotopic (exact) mass is 734 g/mol. The molecule has 0 fully saturated rings. The number of aromatic nitrogens is 1. The Balaban J connectivity index is 0.920. The zero-order valence-corrected chi connectivity index (χ0v) is 32.1. The summed E-state index contributed by atoms with van der Waals surface area (Å²) in [5, 5.41) is 10.5. The van der Waals surface area contributed by atoms with Gasteiger partial charge in [-0.25, -0.2) is 0 Å². The molecular formula is C44H58N6O4. The highest BCUT2D eigenvalue weighted by Crippen LogP contribution is 2.28. The molecule has 0 bridgehead atoms. The quantitative estimate of drug-likeness (QED) is 0.0435. The van der Waals surface area contributed by atoms with Gasteiger partial charge in [0.25, 0.3) is 17.7 Å². The van der Waals surface area contributed by atoms with Crippen LogP contribution in [0.5, 0.6) is 0 Å². The third-order valence-corrected chi connectivity index (χ3v) is 10.5. The number of nitrogens with zero attached hydrogens (tertiary/aromatic N) is 2. The van der Waals surface area contributed by atoms with Gasteiger partial charge in [-0.05, 0) is 74.0 Å². The normalized spacial score (nSPS) is 13.1. The number of fused-ring (bicyclic) bond motifs is 2. The second kappa shape index (κ2) is 21.1. The van der Waals surface area contributed by atoms with E-state index in [9.17, 15) is 19.2 Å². The average molecular weight is 735 g/mol. The van der Waals surface area contributed by atoms with Gasteiger partial charge in [0.2, 0.25) is 5.91 Å². The smallest absolute Gasteiger partial charge is 0.262 e. The lowest BCUT2D eigenvalue weighted by molar-refractivity contribution is -0.125. The number of nitrogens with one attached hydrogen (secondary N) is 4. The van der Waals surface area contributed by atoms with E-state index in [0.717, 1.165) is 78.9 Å². The SMILES string of the molecule is CCN(CC)CCNC(=O)c1ccc(NCCCCCCCCCCCCNC(=O)C(Cc2c[nH]c3ccccc23)N2C(=O)c3ccccc3C2=O)cc1. The van der Waals surface area contributed by atoms with Crippen molar-refractivity contribution < 1.29 is 19.2 Å². The van der Waals surface area contributed by atoms with Crippen LogP contribution < -0.4 is 16.0 Å². The van der Waals surface area contributed by atoms with Gasteiger partial charge in [-0.3, -0.25) is 24.1 Å². The summed E-state index contributed by atoms with van der Waals surface area (Å²) in [7, 11) is 0. The Labute approximate surface area is 320 Å². The Kier molecular flexibility index (Phi) is 15.7. The van der Waals surface area contributed by atoms with E-state index < -0.39 is 17.9 Å². The van der Waals surface area contributed by atoms with Crippen molar-refractivity contribution in [3.05, 3.63) is 101 Å². The number of hydrogen-bond donors (Lipinski definition) is 4. The highest BCUT2D eigenvalue weighted by atomic mass is 16.2. The van der Waals surface area contributed by atoms with Gasteiger partial charge in [-0.2, -0.15) is 0 Å². The second-order valence-corrected chi connectivity index (χ2v) is 14.2. The van der Waals surface area contributed by atoms with Crippen molar-refractivity contribution >= 4 is 40.2 Å². The minimum atomic E-state index is -0.939. The number of anilines is 1. The van der Waals surface area contributed by atoms with Crippen molar-refractivity contribution in [1.82, 2.24) is 25.4 Å². The number of imide groups is 1. The summed E-state index contributed by atoms with van der Waals surface area (Å²) in [4.78, 5) is 59.4. The summed E-state index contributed by atoms with van der Waals surface area (Å²) >= 11 is 0. The number of hydrogen-bond acceptors (Lipinski definition) is 6. The summed E-state index contributed by atoms with van der Waals surface area (Å²) in [6.45, 7) is 9.20. The van der Waals surface area contributed by atoms with Crippen LogP contribution in [0.1, 0.15) is 115 Å². The van der Waals surface area contributed by atoms with Crippen molar-refractivity contribution in [2.75, 3.05) is 44.6 Å². The molecule has 10 nitrogen and oxygen atoms in total. The first-order valence-corrected chi connectivity index (χ1v) is 20.0. The third-order valence-electron chi connectivity index (χ3n) is 10.5. The van der Waals surface area contributed by atoms with E-state index in [4.69, 9.17) is 0 Å². The number of unbranched alkanes of at least 4 members (excludes halogenated alkanes) is 9. The molecule has 0 saturated carbocycles. The lowest BCUT2D eigenvalue weighted by atomic mass is 10.0. The summed E-state index contributed by atoms with van der Waals surface area (Å²) in [6, 6.07) is 21.4. The van der Waals surface area contributed by atoms with Crippen LogP contribution in [0.4, 0.5) is 5.69 Å². The highest BCUT2D eigenvalue weighted by Gasteiger charge is 2.42. The molecule has 54 heavy (non-hydrogen) atoms. The lowest BCUT2D eigenvalue weighted by Crippen LogP contribution is -2.50. The minimum Gasteiger partial charge on any atom is -0.385 e. The van der Waals surface area contributed by atoms with Crippen LogP contribution in [0.2, 0.25) is 0 Å². The molecule has 0 saturated heterocycles. The molecule has 10 heteroatoms. The van der Waals surface area contributed by atoms with Crippen LogP contribution in [-0.4, -0.2) is 83.7 Å². The van der Waals surface area contributed by atoms with Crippen LogP contribution in [0.3, 0.4) is 0 Å². The molecular weight excluding hydrogens is 677 g/mol. The van der Waals surface area contributed by atoms with Gasteiger partial charge in [0, 0.05) is 61.0 Å². The average Bonchev–Trinajstić information content (AvgIpc) is 3.72. The zero-order chi connectivity index (χ0) is 38.1. The van der Waals surface area contributed by atoms with Gasteiger partial charge in [-0.15, -0.1) is 0 Å². The predicted octanol–water partition coefficient (Wildman–Crippen LogP) is 7.58. The number of carbonyl (C=O) groups is 4. The molecule has 2 heterocycles. The van der Waals surface area contributed by atoms with E-state index in [2.05, 4.69) is 39.7 Å². The van der Waals surface area contributed by atoms with E-state index in [-0.39, 0.29) is 18.2 Å². The first-order valence-electron chi connectivity index (χ1n) is 20.0. The molecule has 1 aliphatic rings. The van der Waals surface area contributed by atoms with Gasteiger partial charge in [0.1, 0.15) is 6.04 Å². The molecule has 5 rings (SSSR count). The van der Waals surface area contributed by atoms with E-state index in [1.54, 1.807) is 24.3 Å². The lowest BCUT2D eigenvalue weighted by Gasteiger charge is -2.25. The Morgan fingerprint density at radius 2 is 1.26 bits per heavy atom. The van der Waals surface area contributed by atoms with Crippen LogP contribution in [0, 0.1) is 0 Å². The number of carbonyl (C=O) groups excluding carboxylic acids is 4. The molecule has 4 amide bonds. The molecule has 1 unspecified atom stereocenters. The van der Waals surface area contributed by atoms with Gasteiger partial charge in [-0.1, -0.05) is 95.5 Å². The van der Waals surface area contributed by atoms with Crippen LogP contribution in [0.25, 0.3) is 10.9 Å². The predicted molar refractivity (Wildman–Crippen MR) is 217 cm³/mol. The maximum absolute atomic E-state index is 13.6. The number of rotatable bonds is 24. The second-order valence-electron chi connectivity index (χ2n) is 14.2. The van der Waals surface area contributed by atoms with Crippen LogP contribution in [-0.2, 0) is 11.2 Å². The van der Waals surface area contributed by atoms with Crippen molar-refractivity contribution in [2.45, 2.75) is 90.5 Å². The molecule has 288 valence electrons. The Bertz CT molecular complexity index is 1780. The van der Waals surface area contributed by atoms with Crippen molar-refractivity contribution in [2.24, 2.45) is 0 Å². The maximum atomic E-state index is 13.6. The fraction of sp³-hybridized carbons (Fsp3) is 0.455. The first kappa shape index (κ1) is 40.2. The van der Waals surface area contributed by atoms with Gasteiger partial charge in [0.05, 0.1) is 11.1 Å². The summed E-state index contributed by atoms with van der Waals surface area (Å²) in [6.07, 6.45) is 13.5. The van der Waals surface area contributed by atoms with E-state index >= 15 is 0 Å². The van der Waals surface area contributed by atoms with Gasteiger partial charge >= 0.3 is 0 Å². The number of benzene rings is 3. The molecule has 1 atom stereocenters. The molecule has 1 aromatic heterocycles. The van der Waals surface area contributed by atoms with Gasteiger partial charge < -0.3 is 25.8 Å². The largest absolute Gasteiger partial charge is 0.385 e. The van der Waals surface area contributed by atoms with Crippen molar-refractivity contribution in [3.63, 3.8) is 0 Å². The molecule has 0 radical (unpaired) electrons. The fourth-order valence-electron chi connectivity index (χ4n) is 7.24. The Morgan fingerprint density at radius 1 is 0.685 bits per heavy atom. The van der Waals surface area contributed by atoms with E-state index in [1.165, 1.54) is 38.5 Å². The minimum absolute atomic E-state index is 0.0245. The zero-order valence-electron chi connectivity index (χ0n) is 32.1. The Morgan fingerprint density at radius 3 is 1.89 bits per heavy atom. The van der Waals surface area contributed by atoms with Crippen LogP contribution in [0.15, 0.2) is 79.0 Å². The molecule has 0 aliphatic carbocycles. The number of H-pyrrole nitrogens is 1. The third kappa shape index (κ3) is 11.0. The molecule has 4 N–H and O–H groups in total. The van der Waals surface area contributed by atoms with Crippen LogP contribution >= 0.6 is 0 Å². The Hall–Kier alpha value is -4.96. The topological polar surface area (TPSA) is 127 Å². The maximum Gasteiger partial charge on any atom is 0.262 e. The molecule has 1 aliphatic heterocycles. The molecule has 0 spiro atoms. The highest BCUT2D eigenvalue weighted by molar-refractivity contribution is 6.22. The standard InChI is InChI=1S/C44H58N6O4/c1-3-49(4-2)30-29-47-41(51)33-23-25-35(26-24-33)45-27-17-11-9-7-5-6-8-10-12-18-28-46-42(52)40(31-34-32-48-39-22-16-15-19-36(34)39)50-43(53)37-20-13-14-21-38(37)44(50)54/h13-16,19-26,32,40,45,48H,3-12,17-18,27-31H2,1-2H3,(H,46,52)(H,47,51). The van der Waals surface area contributed by atoms with Crippen molar-refractivity contribution in [3.8, 4) is 0 Å². The summed E-state index contributed by atoms with van der Waals surface area (Å²) in [5.41, 5.74) is 4.27. The fourth-order valence-corrected chi connectivity index (χ4v) is 7.24. The number of para-hydroxylation sites is 1. The molecule has 4 aromatic rings. The first-order chi connectivity index (χ1) is 26.4. The van der Waals surface area contributed by atoms with E-state index in [1.807, 2.05) is 54.7 Å². The van der Waals surface area contributed by atoms with Gasteiger partial charge in [0.15, 0.2) is 0 Å². The summed E-state index contributed by atoms with van der Waals surface area (Å²) < 4.78 is 0. The summed E-state index contributed by atoms with van der Waals surface area (Å²) in [5.74, 6) is -1.16. The number of aromatic amines is 1. The number of amides is 4. The molecule has 3 aromatic carbocycles. The van der Waals surface area contributed by atoms with Crippen molar-refractivity contribution in [1.29, 1.82) is 0 Å². The number of likely N-dealkylation sites (N-methyl/N-ethyl adjacent to an activating group) is 1.